The van der Waals surface area contributed by atoms with Crippen LogP contribution in [-0.4, -0.2) is 53.9 Å². The lowest BCUT2D eigenvalue weighted by Crippen LogP contribution is -2.51. The molecule has 1 atom stereocenters. The van der Waals surface area contributed by atoms with E-state index in [1.807, 2.05) is 0 Å². The zero-order valence-corrected chi connectivity index (χ0v) is 18.7. The molecule has 4 aliphatic rings. The number of carbonyl (C=O) groups is 2. The minimum absolute atomic E-state index is 0.102. The molecule has 6 nitrogen and oxygen atoms in total. The Labute approximate surface area is 183 Å². The maximum atomic E-state index is 12.8. The van der Waals surface area contributed by atoms with Gasteiger partial charge in [0.05, 0.1) is 5.69 Å². The van der Waals surface area contributed by atoms with Crippen LogP contribution in [0.2, 0.25) is 0 Å². The first kappa shape index (κ1) is 20.3. The van der Waals surface area contributed by atoms with Crippen molar-refractivity contribution in [3.63, 3.8) is 0 Å². The molecule has 2 heterocycles. The van der Waals surface area contributed by atoms with Crippen molar-refractivity contribution in [2.45, 2.75) is 76.7 Å². The van der Waals surface area contributed by atoms with Crippen LogP contribution in [0.1, 0.15) is 68.4 Å². The van der Waals surface area contributed by atoms with E-state index in [1.54, 1.807) is 11.3 Å². The third-order valence-corrected chi connectivity index (χ3v) is 8.75. The number of carbonyl (C=O) groups excluding carboxylic acids is 2. The Hall–Kier alpha value is -1.63. The fraction of sp³-hybridized carbons (Fsp3) is 0.783. The maximum absolute atomic E-state index is 12.8. The van der Waals surface area contributed by atoms with Gasteiger partial charge in [-0.2, -0.15) is 0 Å². The van der Waals surface area contributed by atoms with Crippen LogP contribution in [0.15, 0.2) is 0 Å². The molecule has 1 aromatic heterocycles. The van der Waals surface area contributed by atoms with Crippen molar-refractivity contribution in [2.24, 2.45) is 11.8 Å². The monoisotopic (exact) mass is 430 g/mol. The quantitative estimate of drug-likeness (QED) is 0.797. The molecule has 5 rings (SSSR count). The van der Waals surface area contributed by atoms with E-state index in [9.17, 15) is 9.59 Å². The van der Waals surface area contributed by atoms with Crippen molar-refractivity contribution in [1.82, 2.24) is 15.2 Å². The number of fused-ring (bicyclic) bond motifs is 1. The van der Waals surface area contributed by atoms with Crippen LogP contribution < -0.4 is 10.2 Å². The van der Waals surface area contributed by atoms with Gasteiger partial charge in [-0.1, -0.05) is 25.7 Å². The van der Waals surface area contributed by atoms with Crippen LogP contribution in [0.5, 0.6) is 0 Å². The highest BCUT2D eigenvalue weighted by molar-refractivity contribution is 7.15. The number of piperazine rings is 1. The molecule has 1 N–H and O–H groups in total. The zero-order chi connectivity index (χ0) is 20.5. The van der Waals surface area contributed by atoms with E-state index in [4.69, 9.17) is 4.98 Å². The molecule has 3 aliphatic carbocycles. The highest BCUT2D eigenvalue weighted by atomic mass is 32.1. The smallest absolute Gasteiger partial charge is 0.225 e. The fourth-order valence-electron chi connectivity index (χ4n) is 5.32. The maximum Gasteiger partial charge on any atom is 0.225 e. The van der Waals surface area contributed by atoms with Gasteiger partial charge in [-0.25, -0.2) is 4.98 Å². The molecule has 1 aromatic rings. The molecule has 0 spiro atoms. The van der Waals surface area contributed by atoms with Gasteiger partial charge in [-0.15, -0.1) is 11.3 Å². The molecule has 2 saturated carbocycles. The lowest BCUT2D eigenvalue weighted by atomic mass is 9.84. The van der Waals surface area contributed by atoms with E-state index in [2.05, 4.69) is 15.1 Å². The summed E-state index contributed by atoms with van der Waals surface area (Å²) in [6, 6.07) is 0.392. The van der Waals surface area contributed by atoms with Crippen LogP contribution in [0.4, 0.5) is 5.13 Å². The molecular formula is C23H34N4O2S. The van der Waals surface area contributed by atoms with Crippen LogP contribution in [0.25, 0.3) is 0 Å². The van der Waals surface area contributed by atoms with Gasteiger partial charge in [0.15, 0.2) is 5.13 Å². The Morgan fingerprint density at radius 3 is 2.37 bits per heavy atom. The summed E-state index contributed by atoms with van der Waals surface area (Å²) in [4.78, 5) is 35.9. The van der Waals surface area contributed by atoms with Gasteiger partial charge in [0.1, 0.15) is 0 Å². The number of aryl methyl sites for hydroxylation is 1. The molecule has 1 aliphatic heterocycles. The second-order valence-electron chi connectivity index (χ2n) is 9.59. The van der Waals surface area contributed by atoms with E-state index >= 15 is 0 Å². The summed E-state index contributed by atoms with van der Waals surface area (Å²) < 4.78 is 0. The van der Waals surface area contributed by atoms with E-state index < -0.39 is 0 Å². The Balaban J connectivity index is 1.15. The van der Waals surface area contributed by atoms with E-state index in [-0.39, 0.29) is 11.8 Å². The molecule has 30 heavy (non-hydrogen) atoms. The van der Waals surface area contributed by atoms with Gasteiger partial charge < -0.3 is 15.1 Å². The Morgan fingerprint density at radius 2 is 1.67 bits per heavy atom. The Bertz CT molecular complexity index is 776. The second kappa shape index (κ2) is 8.85. The summed E-state index contributed by atoms with van der Waals surface area (Å²) in [7, 11) is 0. The molecule has 164 valence electrons. The van der Waals surface area contributed by atoms with Gasteiger partial charge in [-0.3, -0.25) is 9.59 Å². The number of nitrogens with zero attached hydrogens (tertiary/aromatic N) is 3. The first-order chi connectivity index (χ1) is 14.7. The third-order valence-electron chi connectivity index (χ3n) is 7.57. The fourth-order valence-corrected chi connectivity index (χ4v) is 6.56. The molecule has 7 heteroatoms. The topological polar surface area (TPSA) is 65.5 Å². The summed E-state index contributed by atoms with van der Waals surface area (Å²) >= 11 is 1.77. The number of anilines is 1. The average molecular weight is 431 g/mol. The van der Waals surface area contributed by atoms with Crippen LogP contribution >= 0.6 is 11.3 Å². The summed E-state index contributed by atoms with van der Waals surface area (Å²) in [6.45, 7) is 3.37. The van der Waals surface area contributed by atoms with Crippen molar-refractivity contribution in [2.75, 3.05) is 31.1 Å². The molecule has 2 amide bonds. The SMILES string of the molecule is O=C(NC1CCCCC1)[C@@H]1CCc2nc(N3CCN(C(=O)C4CCC4)CC3)sc2C1. The number of nitrogens with one attached hydrogen (secondary N) is 1. The van der Waals surface area contributed by atoms with Gasteiger partial charge in [0, 0.05) is 48.9 Å². The average Bonchev–Trinajstić information content (AvgIpc) is 3.16. The molecule has 0 unspecified atom stereocenters. The minimum Gasteiger partial charge on any atom is -0.353 e. The summed E-state index contributed by atoms with van der Waals surface area (Å²) in [6.07, 6.45) is 12.1. The van der Waals surface area contributed by atoms with Crippen molar-refractivity contribution < 1.29 is 9.59 Å². The van der Waals surface area contributed by atoms with Gasteiger partial charge >= 0.3 is 0 Å². The second-order valence-corrected chi connectivity index (χ2v) is 10.7. The van der Waals surface area contributed by atoms with Crippen molar-refractivity contribution in [1.29, 1.82) is 0 Å². The number of hydrogen-bond donors (Lipinski definition) is 1. The summed E-state index contributed by atoms with van der Waals surface area (Å²) in [5.41, 5.74) is 1.20. The normalized spacial score (nSPS) is 25.5. The number of aromatic nitrogens is 1. The standard InChI is InChI=1S/C23H34N4O2S/c28-21(24-18-7-2-1-3-8-18)17-9-10-19-20(15-17)30-23(25-19)27-13-11-26(12-14-27)22(29)16-5-4-6-16/h16-18H,1-15H2,(H,24,28)/t17-/m1/s1. The Kier molecular flexibility index (Phi) is 5.98. The predicted molar refractivity (Wildman–Crippen MR) is 119 cm³/mol. The van der Waals surface area contributed by atoms with Gasteiger partial charge in [0.2, 0.25) is 11.8 Å². The van der Waals surface area contributed by atoms with Crippen molar-refractivity contribution in [3.8, 4) is 0 Å². The number of amides is 2. The lowest BCUT2D eigenvalue weighted by molar-refractivity contribution is -0.138. The van der Waals surface area contributed by atoms with Crippen LogP contribution in [-0.2, 0) is 22.4 Å². The van der Waals surface area contributed by atoms with E-state index in [1.165, 1.54) is 36.3 Å². The molecule has 0 bridgehead atoms. The summed E-state index contributed by atoms with van der Waals surface area (Å²) in [5.74, 6) is 1.02. The third kappa shape index (κ3) is 4.23. The molecular weight excluding hydrogens is 396 g/mol. The molecule has 3 fully saturated rings. The number of hydrogen-bond acceptors (Lipinski definition) is 5. The zero-order valence-electron chi connectivity index (χ0n) is 17.9. The van der Waals surface area contributed by atoms with E-state index in [0.29, 0.717) is 17.9 Å². The summed E-state index contributed by atoms with van der Waals surface area (Å²) in [5, 5.41) is 4.41. The molecule has 0 radical (unpaired) electrons. The minimum atomic E-state index is 0.102. The van der Waals surface area contributed by atoms with E-state index in [0.717, 1.165) is 76.3 Å². The Morgan fingerprint density at radius 1 is 0.900 bits per heavy atom. The first-order valence-corrected chi connectivity index (χ1v) is 12.8. The molecule has 1 saturated heterocycles. The lowest BCUT2D eigenvalue weighted by Gasteiger charge is -2.38. The highest BCUT2D eigenvalue weighted by Crippen LogP contribution is 2.35. The number of thiazole rings is 1. The largest absolute Gasteiger partial charge is 0.353 e. The first-order valence-electron chi connectivity index (χ1n) is 12.0. The van der Waals surface area contributed by atoms with Gasteiger partial charge in [-0.05, 0) is 44.9 Å². The predicted octanol–water partition coefficient (Wildman–Crippen LogP) is 3.15. The molecule has 0 aromatic carbocycles. The van der Waals surface area contributed by atoms with Crippen molar-refractivity contribution in [3.05, 3.63) is 10.6 Å². The van der Waals surface area contributed by atoms with Crippen LogP contribution in [0, 0.1) is 11.8 Å². The highest BCUT2D eigenvalue weighted by Gasteiger charge is 2.33. The van der Waals surface area contributed by atoms with Gasteiger partial charge in [0.25, 0.3) is 0 Å². The van der Waals surface area contributed by atoms with Crippen LogP contribution in [0.3, 0.4) is 0 Å². The van der Waals surface area contributed by atoms with Crippen molar-refractivity contribution >= 4 is 28.3 Å². The number of rotatable bonds is 4.